The van der Waals surface area contributed by atoms with Crippen molar-refractivity contribution >= 4 is 5.91 Å². The molecule has 0 aromatic carbocycles. The summed E-state index contributed by atoms with van der Waals surface area (Å²) >= 11 is 0. The number of hydrogen-bond acceptors (Lipinski definition) is 4. The molecule has 0 bridgehead atoms. The van der Waals surface area contributed by atoms with Crippen LogP contribution in [0.4, 0.5) is 13.2 Å². The van der Waals surface area contributed by atoms with Gasteiger partial charge in [0.2, 0.25) is 0 Å². The lowest BCUT2D eigenvalue weighted by Gasteiger charge is -2.32. The maximum absolute atomic E-state index is 12.8. The molecule has 0 aliphatic carbocycles. The minimum atomic E-state index is -4.50. The highest BCUT2D eigenvalue weighted by Crippen LogP contribution is 2.32. The van der Waals surface area contributed by atoms with Crippen LogP contribution in [0.3, 0.4) is 0 Å². The van der Waals surface area contributed by atoms with Crippen molar-refractivity contribution < 1.29 is 23.1 Å². The molecule has 1 N–H and O–H groups in total. The number of nitrogens with zero attached hydrogens (tertiary/aromatic N) is 4. The molecule has 0 radical (unpaired) electrons. The largest absolute Gasteiger partial charge is 0.505 e. The van der Waals surface area contributed by atoms with E-state index >= 15 is 0 Å². The van der Waals surface area contributed by atoms with Gasteiger partial charge in [0.1, 0.15) is 11.6 Å². The molecule has 25 heavy (non-hydrogen) atoms. The first kappa shape index (κ1) is 17.2. The van der Waals surface area contributed by atoms with Crippen LogP contribution in [-0.2, 0) is 13.2 Å². The Bertz CT molecular complexity index is 788. The molecule has 2 aromatic heterocycles. The van der Waals surface area contributed by atoms with Gasteiger partial charge in [0, 0.05) is 38.4 Å². The van der Waals surface area contributed by atoms with E-state index in [4.69, 9.17) is 0 Å². The van der Waals surface area contributed by atoms with Gasteiger partial charge in [0.05, 0.1) is 0 Å². The number of halogens is 3. The number of likely N-dealkylation sites (tertiary alicyclic amines) is 1. The molecule has 3 rings (SSSR count). The van der Waals surface area contributed by atoms with E-state index < -0.39 is 17.8 Å². The first-order chi connectivity index (χ1) is 11.8. The lowest BCUT2D eigenvalue weighted by Crippen LogP contribution is -2.40. The molecule has 3 heterocycles. The molecule has 1 saturated heterocycles. The highest BCUT2D eigenvalue weighted by molar-refractivity contribution is 5.94. The molecule has 0 saturated carbocycles. The van der Waals surface area contributed by atoms with Crippen LogP contribution in [0.1, 0.15) is 40.8 Å². The molecule has 134 valence electrons. The molecule has 1 aliphatic heterocycles. The quantitative estimate of drug-likeness (QED) is 0.900. The van der Waals surface area contributed by atoms with Gasteiger partial charge >= 0.3 is 6.18 Å². The minimum Gasteiger partial charge on any atom is -0.505 e. The normalized spacial score (nSPS) is 18.4. The van der Waals surface area contributed by atoms with Crippen LogP contribution < -0.4 is 0 Å². The maximum atomic E-state index is 12.8. The third kappa shape index (κ3) is 3.45. The maximum Gasteiger partial charge on any atom is 0.434 e. The fourth-order valence-corrected chi connectivity index (χ4v) is 3.08. The fourth-order valence-electron chi connectivity index (χ4n) is 3.08. The van der Waals surface area contributed by atoms with Crippen molar-refractivity contribution in [2.45, 2.75) is 24.9 Å². The Morgan fingerprint density at radius 3 is 2.80 bits per heavy atom. The highest BCUT2D eigenvalue weighted by atomic mass is 19.4. The number of hydrogen-bond donors (Lipinski definition) is 1. The van der Waals surface area contributed by atoms with Crippen molar-refractivity contribution in [1.29, 1.82) is 0 Å². The summed E-state index contributed by atoms with van der Waals surface area (Å²) in [6.07, 6.45) is -0.859. The predicted octanol–water partition coefficient (Wildman–Crippen LogP) is 2.56. The number of carbonyl (C=O) groups is 1. The van der Waals surface area contributed by atoms with Gasteiger partial charge in [-0.2, -0.15) is 13.2 Å². The number of piperidine rings is 1. The van der Waals surface area contributed by atoms with Crippen molar-refractivity contribution in [3.63, 3.8) is 0 Å². The zero-order chi connectivity index (χ0) is 18.2. The van der Waals surface area contributed by atoms with Crippen LogP contribution in [0.2, 0.25) is 0 Å². The van der Waals surface area contributed by atoms with Gasteiger partial charge in [-0.1, -0.05) is 0 Å². The van der Waals surface area contributed by atoms with Gasteiger partial charge < -0.3 is 14.6 Å². The van der Waals surface area contributed by atoms with Gasteiger partial charge in [0.25, 0.3) is 5.91 Å². The third-order valence-corrected chi connectivity index (χ3v) is 4.27. The molecule has 0 spiro atoms. The van der Waals surface area contributed by atoms with Gasteiger partial charge in [-0.25, -0.2) is 9.97 Å². The molecule has 1 fully saturated rings. The molecule has 9 heteroatoms. The summed E-state index contributed by atoms with van der Waals surface area (Å²) in [5.41, 5.74) is -0.991. The number of aromatic hydroxyl groups is 1. The summed E-state index contributed by atoms with van der Waals surface area (Å²) in [6, 6.07) is 2.88. The van der Waals surface area contributed by atoms with Crippen molar-refractivity contribution in [1.82, 2.24) is 19.4 Å². The SMILES string of the molecule is Cn1cc(C(F)(F)F)nc1[C@@H]1CCCN(C(=O)c2ncccc2O)C1. The Morgan fingerprint density at radius 1 is 1.40 bits per heavy atom. The lowest BCUT2D eigenvalue weighted by atomic mass is 9.97. The van der Waals surface area contributed by atoms with Gasteiger partial charge in [-0.05, 0) is 25.0 Å². The Kier molecular flexibility index (Phi) is 4.40. The van der Waals surface area contributed by atoms with E-state index in [2.05, 4.69) is 9.97 Å². The number of amides is 1. The van der Waals surface area contributed by atoms with E-state index in [0.717, 1.165) is 6.20 Å². The molecule has 6 nitrogen and oxygen atoms in total. The summed E-state index contributed by atoms with van der Waals surface area (Å²) in [6.45, 7) is 0.693. The number of alkyl halides is 3. The molecular formula is C16H17F3N4O2. The number of carbonyl (C=O) groups excluding carboxylic acids is 1. The minimum absolute atomic E-state index is 0.0565. The van der Waals surface area contributed by atoms with Crippen molar-refractivity contribution in [2.75, 3.05) is 13.1 Å². The van der Waals surface area contributed by atoms with Gasteiger partial charge in [0.15, 0.2) is 11.4 Å². The Hall–Kier alpha value is -2.58. The van der Waals surface area contributed by atoms with Crippen molar-refractivity contribution in [3.8, 4) is 5.75 Å². The summed E-state index contributed by atoms with van der Waals surface area (Å²) < 4.78 is 39.9. The van der Waals surface area contributed by atoms with Crippen molar-refractivity contribution in [3.05, 3.63) is 41.7 Å². The van der Waals surface area contributed by atoms with Crippen LogP contribution in [0, 0.1) is 0 Å². The van der Waals surface area contributed by atoms with Gasteiger partial charge in [-0.15, -0.1) is 0 Å². The van der Waals surface area contributed by atoms with Crippen LogP contribution in [0.25, 0.3) is 0 Å². The summed E-state index contributed by atoms with van der Waals surface area (Å²) in [5.74, 6) is -0.654. The predicted molar refractivity (Wildman–Crippen MR) is 82.0 cm³/mol. The molecule has 0 unspecified atom stereocenters. The Morgan fingerprint density at radius 2 is 2.16 bits per heavy atom. The third-order valence-electron chi connectivity index (χ3n) is 4.27. The van der Waals surface area contributed by atoms with Crippen molar-refractivity contribution in [2.24, 2.45) is 7.05 Å². The number of rotatable bonds is 2. The number of aromatic nitrogens is 3. The number of imidazole rings is 1. The molecule has 1 amide bonds. The van der Waals surface area contributed by atoms with E-state index in [1.807, 2.05) is 0 Å². The van der Waals surface area contributed by atoms with Crippen LogP contribution >= 0.6 is 0 Å². The average Bonchev–Trinajstić information content (AvgIpc) is 2.97. The second-order valence-electron chi connectivity index (χ2n) is 6.05. The molecule has 2 aromatic rings. The lowest BCUT2D eigenvalue weighted by molar-refractivity contribution is -0.141. The molecule has 1 atom stereocenters. The Labute approximate surface area is 141 Å². The first-order valence-corrected chi connectivity index (χ1v) is 7.81. The van der Waals surface area contributed by atoms with Crippen LogP contribution in [-0.4, -0.2) is 43.5 Å². The van der Waals surface area contributed by atoms with E-state index in [1.165, 1.54) is 34.8 Å². The monoisotopic (exact) mass is 354 g/mol. The number of pyridine rings is 1. The smallest absolute Gasteiger partial charge is 0.434 e. The van der Waals surface area contributed by atoms with Gasteiger partial charge in [-0.3, -0.25) is 4.79 Å². The second kappa shape index (κ2) is 6.38. The molecular weight excluding hydrogens is 337 g/mol. The molecule has 1 aliphatic rings. The van der Waals surface area contributed by atoms with E-state index in [1.54, 1.807) is 0 Å². The Balaban J connectivity index is 1.81. The summed E-state index contributed by atoms with van der Waals surface area (Å²) in [7, 11) is 1.52. The summed E-state index contributed by atoms with van der Waals surface area (Å²) in [5, 5.41) is 9.78. The van der Waals surface area contributed by atoms with Crippen LogP contribution in [0.15, 0.2) is 24.5 Å². The van der Waals surface area contributed by atoms with Crippen LogP contribution in [0.5, 0.6) is 5.75 Å². The standard InChI is InChI=1S/C16H17F3N4O2/c1-22-9-12(16(17,18)19)21-14(22)10-4-3-7-23(8-10)15(25)13-11(24)5-2-6-20-13/h2,5-6,9-10,24H,3-4,7-8H2,1H3/t10-/m1/s1. The van der Waals surface area contributed by atoms with E-state index in [-0.39, 0.29) is 23.9 Å². The second-order valence-corrected chi connectivity index (χ2v) is 6.05. The first-order valence-electron chi connectivity index (χ1n) is 7.81. The topological polar surface area (TPSA) is 71.2 Å². The summed E-state index contributed by atoms with van der Waals surface area (Å²) in [4.78, 5) is 21.7. The van der Waals surface area contributed by atoms with E-state index in [0.29, 0.717) is 25.2 Å². The zero-order valence-corrected chi connectivity index (χ0v) is 13.5. The number of aryl methyl sites for hydroxylation is 1. The van der Waals surface area contributed by atoms with E-state index in [9.17, 15) is 23.1 Å². The highest BCUT2D eigenvalue weighted by Gasteiger charge is 2.36. The zero-order valence-electron chi connectivity index (χ0n) is 13.5. The average molecular weight is 354 g/mol. The fraction of sp³-hybridized carbons (Fsp3) is 0.438.